The van der Waals surface area contributed by atoms with Crippen LogP contribution in [-0.4, -0.2) is 5.71 Å². The third kappa shape index (κ3) is 4.59. The van der Waals surface area contributed by atoms with Crippen molar-refractivity contribution in [3.63, 3.8) is 0 Å². The lowest BCUT2D eigenvalue weighted by Gasteiger charge is -2.36. The highest BCUT2D eigenvalue weighted by Gasteiger charge is 2.46. The highest BCUT2D eigenvalue weighted by atomic mass is 15.0. The SMILES string of the molecule is CC1(C)c2cc(C3=C(c4ccccc4)NC(c4ccccc4)C(c4ccccc4)=N3)ccc2-c2cc3c(cc21)-c1ccccc1C31CCCCC1. The van der Waals surface area contributed by atoms with E-state index in [4.69, 9.17) is 4.99 Å². The quantitative estimate of drug-likeness (QED) is 0.200. The zero-order valence-corrected chi connectivity index (χ0v) is 29.4. The molecule has 0 bridgehead atoms. The van der Waals surface area contributed by atoms with Crippen LogP contribution in [-0.2, 0) is 10.8 Å². The number of fused-ring (bicyclic) bond motifs is 8. The van der Waals surface area contributed by atoms with E-state index in [0.29, 0.717) is 0 Å². The van der Waals surface area contributed by atoms with Gasteiger partial charge in [0.2, 0.25) is 0 Å². The minimum absolute atomic E-state index is 0.0833. The molecule has 0 amide bonds. The van der Waals surface area contributed by atoms with Crippen molar-refractivity contribution in [2.75, 3.05) is 0 Å². The van der Waals surface area contributed by atoms with E-state index in [1.54, 1.807) is 11.1 Å². The van der Waals surface area contributed by atoms with Gasteiger partial charge in [-0.1, -0.05) is 161 Å². The first-order valence-electron chi connectivity index (χ1n) is 18.7. The van der Waals surface area contributed by atoms with Crippen LogP contribution in [0.3, 0.4) is 0 Å². The summed E-state index contributed by atoms with van der Waals surface area (Å²) in [5.41, 5.74) is 19.3. The Kier molecular flexibility index (Phi) is 6.87. The molecule has 0 radical (unpaired) electrons. The summed E-state index contributed by atoms with van der Waals surface area (Å²) in [4.78, 5) is 5.63. The van der Waals surface area contributed by atoms with E-state index in [0.717, 1.165) is 33.8 Å². The standard InChI is InChI=1S/C49H42N2/c1-48(2)41-29-35(25-26-37(41)38-31-43-39(30-42(38)48)36-23-13-14-24-40(36)49(43)27-15-6-16-28-49)47-46(34-21-11-5-12-22-34)50-44(32-17-7-3-8-18-32)45(51-47)33-19-9-4-10-20-33/h3-5,7-14,17-26,29-31,44,50H,6,15-16,27-28H2,1-2H3. The molecule has 248 valence electrons. The van der Waals surface area contributed by atoms with Gasteiger partial charge in [0, 0.05) is 16.4 Å². The number of benzene rings is 6. The van der Waals surface area contributed by atoms with Gasteiger partial charge in [0.25, 0.3) is 0 Å². The van der Waals surface area contributed by atoms with Gasteiger partial charge in [0.15, 0.2) is 0 Å². The lowest BCUT2D eigenvalue weighted by molar-refractivity contribution is 0.353. The van der Waals surface area contributed by atoms with Gasteiger partial charge >= 0.3 is 0 Å². The molecule has 1 atom stereocenters. The van der Waals surface area contributed by atoms with E-state index in [-0.39, 0.29) is 16.9 Å². The van der Waals surface area contributed by atoms with E-state index in [1.165, 1.54) is 71.0 Å². The molecule has 6 aromatic carbocycles. The van der Waals surface area contributed by atoms with Crippen molar-refractivity contribution in [2.45, 2.75) is 62.8 Å². The molecule has 0 aromatic heterocycles. The maximum Gasteiger partial charge on any atom is 0.0947 e. The van der Waals surface area contributed by atoms with Crippen LogP contribution < -0.4 is 5.32 Å². The maximum atomic E-state index is 5.63. The molecule has 0 saturated heterocycles. The molecule has 1 heterocycles. The molecular formula is C49H42N2. The van der Waals surface area contributed by atoms with E-state index in [2.05, 4.69) is 165 Å². The van der Waals surface area contributed by atoms with Gasteiger partial charge in [-0.05, 0) is 92.2 Å². The lowest BCUT2D eigenvalue weighted by Crippen LogP contribution is -2.32. The van der Waals surface area contributed by atoms with E-state index >= 15 is 0 Å². The summed E-state index contributed by atoms with van der Waals surface area (Å²) in [6, 6.07) is 53.6. The van der Waals surface area contributed by atoms with Crippen LogP contribution in [0.25, 0.3) is 33.6 Å². The second-order valence-electron chi connectivity index (χ2n) is 15.5. The van der Waals surface area contributed by atoms with Crippen LogP contribution in [0.2, 0.25) is 0 Å². The maximum absolute atomic E-state index is 5.63. The van der Waals surface area contributed by atoms with Crippen LogP contribution in [0.4, 0.5) is 0 Å². The molecule has 1 N–H and O–H groups in total. The van der Waals surface area contributed by atoms with Gasteiger partial charge in [-0.3, -0.25) is 0 Å². The predicted octanol–water partition coefficient (Wildman–Crippen LogP) is 11.9. The first-order valence-corrected chi connectivity index (χ1v) is 18.7. The Balaban J connectivity index is 1.15. The van der Waals surface area contributed by atoms with Crippen molar-refractivity contribution in [1.29, 1.82) is 0 Å². The van der Waals surface area contributed by atoms with Crippen molar-refractivity contribution >= 4 is 17.1 Å². The molecule has 1 saturated carbocycles. The fraction of sp³-hybridized carbons (Fsp3) is 0.204. The Morgan fingerprint density at radius 2 is 1.10 bits per heavy atom. The first-order chi connectivity index (χ1) is 25.0. The smallest absolute Gasteiger partial charge is 0.0947 e. The van der Waals surface area contributed by atoms with Gasteiger partial charge in [-0.25, -0.2) is 4.99 Å². The summed E-state index contributed by atoms with van der Waals surface area (Å²) in [6.07, 6.45) is 6.46. The number of rotatable bonds is 4. The molecule has 2 nitrogen and oxygen atoms in total. The fourth-order valence-corrected chi connectivity index (χ4v) is 9.80. The van der Waals surface area contributed by atoms with Crippen LogP contribution in [0.5, 0.6) is 0 Å². The van der Waals surface area contributed by atoms with Gasteiger partial charge in [0.1, 0.15) is 0 Å². The highest BCUT2D eigenvalue weighted by molar-refractivity contribution is 6.12. The van der Waals surface area contributed by atoms with Gasteiger partial charge in [-0.2, -0.15) is 0 Å². The molecule has 1 aliphatic heterocycles. The van der Waals surface area contributed by atoms with Crippen molar-refractivity contribution in [3.05, 3.63) is 190 Å². The Bertz CT molecular complexity index is 2370. The fourth-order valence-electron chi connectivity index (χ4n) is 9.80. The highest BCUT2D eigenvalue weighted by Crippen LogP contribution is 2.60. The van der Waals surface area contributed by atoms with Crippen LogP contribution >= 0.6 is 0 Å². The molecule has 3 aliphatic carbocycles. The zero-order chi connectivity index (χ0) is 34.2. The van der Waals surface area contributed by atoms with Crippen LogP contribution in [0.1, 0.15) is 96.5 Å². The number of hydrogen-bond acceptors (Lipinski definition) is 2. The third-order valence-corrected chi connectivity index (χ3v) is 12.3. The molecule has 2 heteroatoms. The van der Waals surface area contributed by atoms with E-state index in [9.17, 15) is 0 Å². The average Bonchev–Trinajstić information content (AvgIpc) is 3.58. The lowest BCUT2D eigenvalue weighted by atomic mass is 9.67. The Morgan fingerprint density at radius 1 is 0.510 bits per heavy atom. The zero-order valence-electron chi connectivity index (χ0n) is 29.4. The second kappa shape index (κ2) is 11.5. The van der Waals surface area contributed by atoms with Crippen LogP contribution in [0.15, 0.2) is 151 Å². The molecule has 6 aromatic rings. The summed E-state index contributed by atoms with van der Waals surface area (Å²) >= 11 is 0. The molecule has 1 spiro atoms. The van der Waals surface area contributed by atoms with Crippen molar-refractivity contribution in [3.8, 4) is 22.3 Å². The van der Waals surface area contributed by atoms with Crippen LogP contribution in [0, 0.1) is 0 Å². The second-order valence-corrected chi connectivity index (χ2v) is 15.5. The molecule has 51 heavy (non-hydrogen) atoms. The summed E-state index contributed by atoms with van der Waals surface area (Å²) < 4.78 is 0. The molecular weight excluding hydrogens is 617 g/mol. The molecule has 1 unspecified atom stereocenters. The summed E-state index contributed by atoms with van der Waals surface area (Å²) in [5.74, 6) is 0. The van der Waals surface area contributed by atoms with E-state index < -0.39 is 0 Å². The number of aliphatic imine (C=N–C) groups is 1. The van der Waals surface area contributed by atoms with Gasteiger partial charge < -0.3 is 5.32 Å². The molecule has 10 rings (SSSR count). The first kappa shape index (κ1) is 30.4. The van der Waals surface area contributed by atoms with Crippen molar-refractivity contribution in [2.24, 2.45) is 4.99 Å². The Morgan fingerprint density at radius 3 is 1.84 bits per heavy atom. The summed E-state index contributed by atoms with van der Waals surface area (Å²) in [7, 11) is 0. The number of nitrogens with zero attached hydrogens (tertiary/aromatic N) is 1. The molecule has 4 aliphatic rings. The average molecular weight is 659 g/mol. The number of nitrogens with one attached hydrogen (secondary N) is 1. The summed E-state index contributed by atoms with van der Waals surface area (Å²) in [5, 5.41) is 4.01. The van der Waals surface area contributed by atoms with Gasteiger partial charge in [0.05, 0.1) is 23.1 Å². The van der Waals surface area contributed by atoms with Crippen molar-refractivity contribution < 1.29 is 0 Å². The molecule has 1 fully saturated rings. The topological polar surface area (TPSA) is 24.4 Å². The summed E-state index contributed by atoms with van der Waals surface area (Å²) in [6.45, 7) is 4.83. The van der Waals surface area contributed by atoms with Crippen molar-refractivity contribution in [1.82, 2.24) is 5.32 Å². The largest absolute Gasteiger partial charge is 0.370 e. The Hall–Kier alpha value is -5.47. The van der Waals surface area contributed by atoms with Gasteiger partial charge in [-0.15, -0.1) is 0 Å². The normalized spacial score (nSPS) is 19.1. The predicted molar refractivity (Wildman–Crippen MR) is 212 cm³/mol. The Labute approximate surface area is 301 Å². The van der Waals surface area contributed by atoms with E-state index in [1.807, 2.05) is 0 Å². The minimum Gasteiger partial charge on any atom is -0.370 e. The minimum atomic E-state index is -0.152. The monoisotopic (exact) mass is 658 g/mol. The third-order valence-electron chi connectivity index (χ3n) is 12.3. The number of hydrogen-bond donors (Lipinski definition) is 1.